The van der Waals surface area contributed by atoms with Crippen molar-refractivity contribution >= 4 is 15.8 Å². The zero-order valence-electron chi connectivity index (χ0n) is 15.8. The van der Waals surface area contributed by atoms with E-state index < -0.39 is 15.9 Å². The van der Waals surface area contributed by atoms with Gasteiger partial charge in [-0.3, -0.25) is 4.79 Å². The van der Waals surface area contributed by atoms with Crippen LogP contribution < -0.4 is 0 Å². The van der Waals surface area contributed by atoms with Crippen molar-refractivity contribution < 1.29 is 21.5 Å². The van der Waals surface area contributed by atoms with Gasteiger partial charge in [-0.25, -0.2) is 13.3 Å². The van der Waals surface area contributed by atoms with Crippen molar-refractivity contribution in [2.24, 2.45) is 5.92 Å². The summed E-state index contributed by atoms with van der Waals surface area (Å²) in [4.78, 5) is 19.8. The van der Waals surface area contributed by atoms with Crippen molar-refractivity contribution in [2.75, 3.05) is 20.1 Å². The van der Waals surface area contributed by atoms with Crippen LogP contribution in [0.1, 0.15) is 21.8 Å². The first kappa shape index (κ1) is 19.5. The highest BCUT2D eigenvalue weighted by Crippen LogP contribution is 2.41. The summed E-state index contributed by atoms with van der Waals surface area (Å²) in [7, 11) is -2.18. The lowest BCUT2D eigenvalue weighted by molar-refractivity contribution is -0.772. The maximum Gasteiger partial charge on any atom is 0.344 e. The summed E-state index contributed by atoms with van der Waals surface area (Å²) < 4.78 is 39.7. The van der Waals surface area contributed by atoms with Gasteiger partial charge in [-0.2, -0.15) is 8.42 Å². The van der Waals surface area contributed by atoms with E-state index in [1.54, 1.807) is 43.4 Å². The van der Waals surface area contributed by atoms with Gasteiger partial charge in [0.1, 0.15) is 18.9 Å². The highest BCUT2D eigenvalue weighted by atomic mass is 32.2. The normalized spacial score (nSPS) is 24.5. The van der Waals surface area contributed by atoms with Gasteiger partial charge in [-0.05, 0) is 17.7 Å². The number of nitrogens with one attached hydrogen (secondary N) is 1. The van der Waals surface area contributed by atoms with Crippen molar-refractivity contribution in [1.29, 1.82) is 0 Å². The molecule has 150 valence electrons. The van der Waals surface area contributed by atoms with Crippen LogP contribution in [-0.4, -0.2) is 48.2 Å². The lowest BCUT2D eigenvalue weighted by Gasteiger charge is -2.27. The molecule has 29 heavy (non-hydrogen) atoms. The number of imidazole rings is 1. The largest absolute Gasteiger partial charge is 0.344 e. The average molecular weight is 414 g/mol. The molecule has 2 aromatic carbocycles. The zero-order valence-corrected chi connectivity index (χ0v) is 16.6. The molecular formula is C21H21FN3O3S+. The summed E-state index contributed by atoms with van der Waals surface area (Å²) in [6.45, 7) is 0.327. The van der Waals surface area contributed by atoms with Gasteiger partial charge in [0.15, 0.2) is 5.78 Å². The number of likely N-dealkylation sites (tertiary alicyclic amines) is 1. The minimum atomic E-state index is -3.80. The summed E-state index contributed by atoms with van der Waals surface area (Å²) in [6.07, 6.45) is 2.59. The molecule has 0 aliphatic carbocycles. The number of halogens is 1. The SMILES string of the molecule is C[N@+]1(S(=O)(=O)c2cnc[nH]2)CC(C(=O)c2ccccc2)[C@H](c2ccc(F)cc2)C1. The van der Waals surface area contributed by atoms with E-state index in [0.29, 0.717) is 5.56 Å². The fraction of sp³-hybridized carbons (Fsp3) is 0.238. The number of carbonyl (C=O) groups is 1. The van der Waals surface area contributed by atoms with Crippen LogP contribution >= 0.6 is 0 Å². The number of hydrogen-bond acceptors (Lipinski definition) is 4. The first-order valence-corrected chi connectivity index (χ1v) is 10.7. The smallest absolute Gasteiger partial charge is 0.331 e. The number of quaternary nitrogens is 1. The molecule has 2 heterocycles. The maximum atomic E-state index is 13.4. The second kappa shape index (κ2) is 7.20. The molecule has 4 rings (SSSR count). The highest BCUT2D eigenvalue weighted by Gasteiger charge is 2.54. The molecule has 6 nitrogen and oxygen atoms in total. The fourth-order valence-corrected chi connectivity index (χ4v) is 5.69. The third-order valence-electron chi connectivity index (χ3n) is 5.68. The predicted molar refractivity (Wildman–Crippen MR) is 105 cm³/mol. The van der Waals surface area contributed by atoms with Crippen LogP contribution in [0.4, 0.5) is 4.39 Å². The quantitative estimate of drug-likeness (QED) is 0.514. The maximum absolute atomic E-state index is 13.4. The summed E-state index contributed by atoms with van der Waals surface area (Å²) in [5.74, 6) is -1.39. The second-order valence-corrected chi connectivity index (χ2v) is 9.82. The van der Waals surface area contributed by atoms with Crippen molar-refractivity contribution in [3.05, 3.63) is 84.1 Å². The number of H-pyrrole nitrogens is 1. The van der Waals surface area contributed by atoms with Crippen molar-refractivity contribution in [3.8, 4) is 0 Å². The van der Waals surface area contributed by atoms with E-state index in [1.165, 1.54) is 24.7 Å². The number of nitrogens with zero attached hydrogens (tertiary/aromatic N) is 2. The number of benzene rings is 2. The lowest BCUT2D eigenvalue weighted by Crippen LogP contribution is -2.47. The molecule has 1 aromatic heterocycles. The van der Waals surface area contributed by atoms with Gasteiger partial charge in [0.25, 0.3) is 0 Å². The van der Waals surface area contributed by atoms with E-state index >= 15 is 0 Å². The van der Waals surface area contributed by atoms with E-state index in [4.69, 9.17) is 0 Å². The number of rotatable bonds is 5. The summed E-state index contributed by atoms with van der Waals surface area (Å²) >= 11 is 0. The van der Waals surface area contributed by atoms with Crippen LogP contribution in [0.2, 0.25) is 0 Å². The van der Waals surface area contributed by atoms with Crippen molar-refractivity contribution in [1.82, 2.24) is 9.97 Å². The first-order valence-electron chi connectivity index (χ1n) is 9.25. The van der Waals surface area contributed by atoms with Crippen LogP contribution in [0, 0.1) is 11.7 Å². The molecule has 0 amide bonds. The molecule has 8 heteroatoms. The molecular weight excluding hydrogens is 393 g/mol. The number of ketones is 1. The van der Waals surface area contributed by atoms with Gasteiger partial charge < -0.3 is 4.98 Å². The van der Waals surface area contributed by atoms with Crippen LogP contribution in [0.25, 0.3) is 0 Å². The Morgan fingerprint density at radius 2 is 1.79 bits per heavy atom. The van der Waals surface area contributed by atoms with E-state index in [1.807, 2.05) is 6.07 Å². The number of likely N-dealkylation sites (N-methyl/N-ethyl adjacent to an activating group) is 1. The van der Waals surface area contributed by atoms with Gasteiger partial charge in [0, 0.05) is 11.5 Å². The van der Waals surface area contributed by atoms with Gasteiger partial charge >= 0.3 is 10.0 Å². The Balaban J connectivity index is 1.77. The number of Topliss-reactive ketones (excluding diaryl/α,β-unsaturated/α-hetero) is 1. The Morgan fingerprint density at radius 3 is 2.41 bits per heavy atom. The van der Waals surface area contributed by atoms with Crippen LogP contribution in [-0.2, 0) is 10.0 Å². The number of sulfonamides is 1. The van der Waals surface area contributed by atoms with Crippen molar-refractivity contribution in [3.63, 3.8) is 0 Å². The standard InChI is InChI=1S/C21H21FN3O3S/c1-25(29(27,28)20-11-23-14-24-20)12-18(15-7-9-17(22)10-8-15)19(13-25)21(26)16-5-3-2-4-6-16/h2-11,14,18-19H,12-13H2,1H3,(H,23,24)/q+1/t18-,19?,25+/m0/s1. The van der Waals surface area contributed by atoms with Crippen LogP contribution in [0.5, 0.6) is 0 Å². The van der Waals surface area contributed by atoms with Gasteiger partial charge in [0.2, 0.25) is 5.03 Å². The Labute approximate surface area is 168 Å². The van der Waals surface area contributed by atoms with Crippen LogP contribution in [0.15, 0.2) is 72.1 Å². The van der Waals surface area contributed by atoms with E-state index in [2.05, 4.69) is 9.97 Å². The minimum Gasteiger partial charge on any atom is -0.331 e. The molecule has 1 saturated heterocycles. The molecule has 1 N–H and O–H groups in total. The summed E-state index contributed by atoms with van der Waals surface area (Å²) in [6, 6.07) is 14.8. The monoisotopic (exact) mass is 414 g/mol. The third kappa shape index (κ3) is 3.38. The van der Waals surface area contributed by atoms with E-state index in [0.717, 1.165) is 5.56 Å². The van der Waals surface area contributed by atoms with Gasteiger partial charge in [-0.15, -0.1) is 0 Å². The summed E-state index contributed by atoms with van der Waals surface area (Å²) in [5, 5.41) is 0.0191. The molecule has 0 bridgehead atoms. The number of aromatic amines is 1. The van der Waals surface area contributed by atoms with Gasteiger partial charge in [-0.1, -0.05) is 42.5 Å². The van der Waals surface area contributed by atoms with E-state index in [9.17, 15) is 17.6 Å². The Morgan fingerprint density at radius 1 is 1.10 bits per heavy atom. The Bertz CT molecular complexity index is 1120. The molecule has 0 spiro atoms. The van der Waals surface area contributed by atoms with Crippen LogP contribution in [0.3, 0.4) is 0 Å². The third-order valence-corrected chi connectivity index (χ3v) is 7.91. The number of hydrogen-bond donors (Lipinski definition) is 1. The minimum absolute atomic E-state index is 0.0191. The average Bonchev–Trinajstić information content (AvgIpc) is 3.38. The lowest BCUT2D eigenvalue weighted by atomic mass is 9.84. The molecule has 1 fully saturated rings. The Hall–Kier alpha value is -2.84. The van der Waals surface area contributed by atoms with Crippen molar-refractivity contribution in [2.45, 2.75) is 10.9 Å². The molecule has 1 aliphatic heterocycles. The summed E-state index contributed by atoms with van der Waals surface area (Å²) in [5.41, 5.74) is 1.29. The number of aromatic nitrogens is 2. The molecule has 3 aromatic rings. The molecule has 3 atom stereocenters. The second-order valence-electron chi connectivity index (χ2n) is 7.55. The fourth-order valence-electron chi connectivity index (χ4n) is 4.11. The Kier molecular flexibility index (Phi) is 4.84. The molecule has 0 saturated carbocycles. The topological polar surface area (TPSA) is 79.9 Å². The molecule has 1 unspecified atom stereocenters. The van der Waals surface area contributed by atoms with E-state index in [-0.39, 0.29) is 39.5 Å². The van der Waals surface area contributed by atoms with Gasteiger partial charge in [0.05, 0.1) is 25.5 Å². The number of carbonyl (C=O) groups excluding carboxylic acids is 1. The molecule has 0 radical (unpaired) electrons. The molecule has 1 aliphatic rings. The zero-order chi connectivity index (χ0) is 20.6. The first-order chi connectivity index (χ1) is 13.8. The predicted octanol–water partition coefficient (Wildman–Crippen LogP) is 2.98. The highest BCUT2D eigenvalue weighted by molar-refractivity contribution is 7.85.